The third kappa shape index (κ3) is 3.46. The first-order valence-corrected chi connectivity index (χ1v) is 8.19. The van der Waals surface area contributed by atoms with Gasteiger partial charge < -0.3 is 4.90 Å². The van der Waals surface area contributed by atoms with E-state index >= 15 is 0 Å². The minimum Gasteiger partial charge on any atom is -0.337 e. The molecule has 0 N–H and O–H groups in total. The number of aryl methyl sites for hydroxylation is 1. The summed E-state index contributed by atoms with van der Waals surface area (Å²) in [5, 5.41) is 1.04. The second kappa shape index (κ2) is 6.71. The number of carbonyl (C=O) groups is 1. The molecular formula is C18H17N3OS. The quantitative estimate of drug-likeness (QED) is 0.688. The third-order valence-electron chi connectivity index (χ3n) is 3.69. The lowest BCUT2D eigenvalue weighted by molar-refractivity contribution is -0.125. The lowest BCUT2D eigenvalue weighted by atomic mass is 10.1. The molecule has 5 heteroatoms. The fourth-order valence-corrected chi connectivity index (χ4v) is 3.15. The van der Waals surface area contributed by atoms with E-state index < -0.39 is 0 Å². The summed E-state index contributed by atoms with van der Waals surface area (Å²) in [6.07, 6.45) is 5.22. The van der Waals surface area contributed by atoms with Crippen LogP contribution in [0.15, 0.2) is 48.1 Å². The summed E-state index contributed by atoms with van der Waals surface area (Å²) in [5.41, 5.74) is 4.71. The Kier molecular flexibility index (Phi) is 4.48. The summed E-state index contributed by atoms with van der Waals surface area (Å²) >= 11 is 1.57. The number of carbonyl (C=O) groups excluding carboxylic acids is 1. The van der Waals surface area contributed by atoms with Crippen molar-refractivity contribution in [2.75, 3.05) is 7.05 Å². The van der Waals surface area contributed by atoms with E-state index in [4.69, 9.17) is 0 Å². The first-order valence-electron chi connectivity index (χ1n) is 7.31. The summed E-state index contributed by atoms with van der Waals surface area (Å²) < 4.78 is 0. The van der Waals surface area contributed by atoms with Crippen molar-refractivity contribution < 1.29 is 4.79 Å². The largest absolute Gasteiger partial charge is 0.337 e. The second-order valence-corrected chi connectivity index (χ2v) is 6.25. The number of fused-ring (bicyclic) bond motifs is 1. The zero-order valence-electron chi connectivity index (χ0n) is 13.1. The molecule has 2 heterocycles. The number of rotatable bonds is 4. The molecule has 0 aliphatic rings. The molecule has 3 rings (SSSR count). The molecule has 4 nitrogen and oxygen atoms in total. The molecule has 0 saturated carbocycles. The van der Waals surface area contributed by atoms with Gasteiger partial charge in [-0.3, -0.25) is 9.78 Å². The maximum absolute atomic E-state index is 12.3. The van der Waals surface area contributed by atoms with Crippen molar-refractivity contribution in [3.05, 3.63) is 64.2 Å². The predicted molar refractivity (Wildman–Crippen MR) is 94.1 cm³/mol. The van der Waals surface area contributed by atoms with Crippen LogP contribution in [0.4, 0.5) is 0 Å². The van der Waals surface area contributed by atoms with Gasteiger partial charge in [0.15, 0.2) is 0 Å². The zero-order chi connectivity index (χ0) is 16.2. The average molecular weight is 323 g/mol. The molecule has 0 fully saturated rings. The standard InChI is InChI=1S/C18H17N3OS/c1-13-17(23-12-20-13)11-21(2)18(22)8-7-14-9-10-19-16-6-4-3-5-15(14)16/h3-10,12H,11H2,1-2H3/b8-7-. The lowest BCUT2D eigenvalue weighted by Gasteiger charge is -2.14. The molecule has 0 radical (unpaired) electrons. The highest BCUT2D eigenvalue weighted by Crippen LogP contribution is 2.18. The summed E-state index contributed by atoms with van der Waals surface area (Å²) in [6, 6.07) is 9.82. The van der Waals surface area contributed by atoms with Crippen LogP contribution >= 0.6 is 11.3 Å². The van der Waals surface area contributed by atoms with E-state index in [0.29, 0.717) is 6.54 Å². The Morgan fingerprint density at radius 1 is 1.26 bits per heavy atom. The van der Waals surface area contributed by atoms with Gasteiger partial charge in [-0.15, -0.1) is 11.3 Å². The number of hydrogen-bond donors (Lipinski definition) is 0. The van der Waals surface area contributed by atoms with E-state index in [1.807, 2.05) is 48.8 Å². The van der Waals surface area contributed by atoms with Gasteiger partial charge in [0.1, 0.15) is 0 Å². The molecule has 0 unspecified atom stereocenters. The molecule has 0 saturated heterocycles. The highest BCUT2D eigenvalue weighted by molar-refractivity contribution is 7.09. The summed E-state index contributed by atoms with van der Waals surface area (Å²) in [4.78, 5) is 23.6. The molecule has 1 aromatic carbocycles. The molecule has 0 bridgehead atoms. The van der Waals surface area contributed by atoms with E-state index in [2.05, 4.69) is 9.97 Å². The Balaban J connectivity index is 1.76. The van der Waals surface area contributed by atoms with Gasteiger partial charge in [0, 0.05) is 29.6 Å². The number of para-hydroxylation sites is 1. The Morgan fingerprint density at radius 3 is 2.87 bits per heavy atom. The summed E-state index contributed by atoms with van der Waals surface area (Å²) in [6.45, 7) is 2.54. The summed E-state index contributed by atoms with van der Waals surface area (Å²) in [7, 11) is 1.80. The number of likely N-dealkylation sites (N-methyl/N-ethyl adjacent to an activating group) is 1. The molecule has 0 spiro atoms. The Morgan fingerprint density at radius 2 is 2.09 bits per heavy atom. The van der Waals surface area contributed by atoms with Crippen molar-refractivity contribution in [1.29, 1.82) is 0 Å². The molecule has 0 aliphatic heterocycles. The number of benzene rings is 1. The van der Waals surface area contributed by atoms with Crippen molar-refractivity contribution in [3.63, 3.8) is 0 Å². The SMILES string of the molecule is Cc1ncsc1CN(C)C(=O)/C=C\c1ccnc2ccccc12. The minimum absolute atomic E-state index is 0.0290. The zero-order valence-corrected chi connectivity index (χ0v) is 13.9. The van der Waals surface area contributed by atoms with Gasteiger partial charge in [0.05, 0.1) is 23.3 Å². The maximum atomic E-state index is 12.3. The van der Waals surface area contributed by atoms with E-state index in [1.165, 1.54) is 0 Å². The van der Waals surface area contributed by atoms with Crippen LogP contribution < -0.4 is 0 Å². The number of thiazole rings is 1. The van der Waals surface area contributed by atoms with E-state index in [0.717, 1.165) is 27.0 Å². The van der Waals surface area contributed by atoms with Crippen LogP contribution in [-0.4, -0.2) is 27.8 Å². The van der Waals surface area contributed by atoms with Gasteiger partial charge in [-0.1, -0.05) is 18.2 Å². The van der Waals surface area contributed by atoms with Crippen molar-refractivity contribution in [2.45, 2.75) is 13.5 Å². The maximum Gasteiger partial charge on any atom is 0.246 e. The van der Waals surface area contributed by atoms with Gasteiger partial charge in [-0.2, -0.15) is 0 Å². The van der Waals surface area contributed by atoms with Crippen molar-refractivity contribution >= 4 is 34.2 Å². The molecule has 3 aromatic rings. The van der Waals surface area contributed by atoms with Crippen LogP contribution in [0, 0.1) is 6.92 Å². The van der Waals surface area contributed by atoms with Crippen molar-refractivity contribution in [2.24, 2.45) is 0 Å². The smallest absolute Gasteiger partial charge is 0.246 e. The molecular weight excluding hydrogens is 306 g/mol. The average Bonchev–Trinajstić information content (AvgIpc) is 2.97. The van der Waals surface area contributed by atoms with E-state index in [9.17, 15) is 4.79 Å². The predicted octanol–water partition coefficient (Wildman–Crippen LogP) is 3.67. The van der Waals surface area contributed by atoms with Gasteiger partial charge in [-0.05, 0) is 30.7 Å². The molecule has 23 heavy (non-hydrogen) atoms. The van der Waals surface area contributed by atoms with Crippen LogP contribution in [0.25, 0.3) is 17.0 Å². The number of aromatic nitrogens is 2. The third-order valence-corrected chi connectivity index (χ3v) is 4.61. The van der Waals surface area contributed by atoms with Crippen molar-refractivity contribution in [1.82, 2.24) is 14.9 Å². The fourth-order valence-electron chi connectivity index (χ4n) is 2.32. The first kappa shape index (κ1) is 15.4. The van der Waals surface area contributed by atoms with Gasteiger partial charge in [-0.25, -0.2) is 4.98 Å². The van der Waals surface area contributed by atoms with Crippen molar-refractivity contribution in [3.8, 4) is 0 Å². The Bertz CT molecular complexity index is 864. The number of nitrogens with zero attached hydrogens (tertiary/aromatic N) is 3. The minimum atomic E-state index is -0.0290. The molecule has 0 aliphatic carbocycles. The monoisotopic (exact) mass is 323 g/mol. The Labute approximate surface area is 139 Å². The fraction of sp³-hybridized carbons (Fsp3) is 0.167. The van der Waals surface area contributed by atoms with Crippen LogP contribution in [0.1, 0.15) is 16.1 Å². The second-order valence-electron chi connectivity index (χ2n) is 5.31. The highest BCUT2D eigenvalue weighted by Gasteiger charge is 2.09. The summed E-state index contributed by atoms with van der Waals surface area (Å²) in [5.74, 6) is -0.0290. The number of amides is 1. The van der Waals surface area contributed by atoms with Gasteiger partial charge in [0.25, 0.3) is 0 Å². The Hall–Kier alpha value is -2.53. The van der Waals surface area contributed by atoms with Crippen LogP contribution in [0.5, 0.6) is 0 Å². The van der Waals surface area contributed by atoms with Crippen LogP contribution in [-0.2, 0) is 11.3 Å². The van der Waals surface area contributed by atoms with Gasteiger partial charge in [0.2, 0.25) is 5.91 Å². The molecule has 0 atom stereocenters. The van der Waals surface area contributed by atoms with Crippen LogP contribution in [0.3, 0.4) is 0 Å². The first-order chi connectivity index (χ1) is 11.1. The van der Waals surface area contributed by atoms with E-state index in [-0.39, 0.29) is 5.91 Å². The van der Waals surface area contributed by atoms with Crippen LogP contribution in [0.2, 0.25) is 0 Å². The normalized spacial score (nSPS) is 11.2. The van der Waals surface area contributed by atoms with E-state index in [1.54, 1.807) is 35.6 Å². The molecule has 1 amide bonds. The topological polar surface area (TPSA) is 46.1 Å². The number of hydrogen-bond acceptors (Lipinski definition) is 4. The van der Waals surface area contributed by atoms with Gasteiger partial charge >= 0.3 is 0 Å². The lowest BCUT2D eigenvalue weighted by Crippen LogP contribution is -2.23. The number of pyridine rings is 1. The highest BCUT2D eigenvalue weighted by atomic mass is 32.1. The molecule has 2 aromatic heterocycles. The molecule has 116 valence electrons.